The smallest absolute Gasteiger partial charge is 0.209 e. The number of aromatic nitrogens is 4. The van der Waals surface area contributed by atoms with Crippen molar-refractivity contribution in [2.45, 2.75) is 84.3 Å². The Bertz CT molecular complexity index is 2390. The largest absolute Gasteiger partial charge is 0.496 e. The third kappa shape index (κ3) is 9.32. The lowest BCUT2D eigenvalue weighted by molar-refractivity contribution is 0.0341. The molecule has 0 N–H and O–H groups in total. The van der Waals surface area contributed by atoms with Crippen molar-refractivity contribution in [2.75, 3.05) is 14.2 Å². The summed E-state index contributed by atoms with van der Waals surface area (Å²) in [5.74, 6) is 3.92. The van der Waals surface area contributed by atoms with Gasteiger partial charge in [-0.15, -0.1) is 0 Å². The standard InChI is InChI=1S/C22H22N2O3S.C14H18O2.C9H7BrN2OS/c1-4-22(5-2)13-17(25)16-12-14(10-11-19(16)27-22)20-23-21(28-24-20)15-8-6-7-9-18(15)26-3;1-4-14(5-2)9-12(15)11-8-10(3)6-7-13(11)16-14;1-13-7-5-3-2-4-6(7)8-11-9(10)12-14-8/h6-12H,4-5,13H2,1-3H3;6-8H,4-5,9H2,1-3H3;2-5H,1H3. The molecule has 8 rings (SSSR count). The van der Waals surface area contributed by atoms with E-state index in [4.69, 9.17) is 18.9 Å². The number of benzene rings is 4. The molecule has 10 nitrogen and oxygen atoms in total. The number of methoxy groups -OCH3 is 2. The molecule has 2 aromatic heterocycles. The number of rotatable bonds is 9. The average Bonchev–Trinajstić information content (AvgIpc) is 3.94. The summed E-state index contributed by atoms with van der Waals surface area (Å²) >= 11 is 5.88. The van der Waals surface area contributed by atoms with Gasteiger partial charge in [0.15, 0.2) is 17.4 Å². The molecule has 2 aliphatic rings. The van der Waals surface area contributed by atoms with Crippen molar-refractivity contribution in [2.24, 2.45) is 0 Å². The fourth-order valence-electron chi connectivity index (χ4n) is 6.94. The monoisotopic (exact) mass is 882 g/mol. The van der Waals surface area contributed by atoms with Crippen LogP contribution < -0.4 is 18.9 Å². The highest BCUT2D eigenvalue weighted by Crippen LogP contribution is 2.40. The Morgan fingerprint density at radius 1 is 0.638 bits per heavy atom. The van der Waals surface area contributed by atoms with Gasteiger partial charge in [0.2, 0.25) is 4.73 Å². The summed E-state index contributed by atoms with van der Waals surface area (Å²) < 4.78 is 32.1. The summed E-state index contributed by atoms with van der Waals surface area (Å²) in [6, 6.07) is 27.0. The van der Waals surface area contributed by atoms with E-state index in [-0.39, 0.29) is 22.8 Å². The first-order valence-corrected chi connectivity index (χ1v) is 21.6. The fourth-order valence-corrected chi connectivity index (χ4v) is 8.76. The molecule has 0 saturated heterocycles. The zero-order chi connectivity index (χ0) is 41.5. The number of ether oxygens (including phenoxy) is 4. The second kappa shape index (κ2) is 18.7. The third-order valence-corrected chi connectivity index (χ3v) is 12.8. The molecule has 0 atom stereocenters. The third-order valence-electron chi connectivity index (χ3n) is 10.7. The van der Waals surface area contributed by atoms with Gasteiger partial charge in [-0.05, 0) is 126 Å². The molecule has 0 radical (unpaired) electrons. The Kier molecular flexibility index (Phi) is 13.8. The van der Waals surface area contributed by atoms with E-state index in [2.05, 4.69) is 62.3 Å². The van der Waals surface area contributed by atoms with Crippen LogP contribution in [0, 0.1) is 6.92 Å². The van der Waals surface area contributed by atoms with Gasteiger partial charge in [-0.25, -0.2) is 9.97 Å². The predicted octanol–water partition coefficient (Wildman–Crippen LogP) is 11.9. The van der Waals surface area contributed by atoms with Gasteiger partial charge < -0.3 is 18.9 Å². The maximum absolute atomic E-state index is 12.8. The number of halogens is 1. The summed E-state index contributed by atoms with van der Waals surface area (Å²) in [4.78, 5) is 33.8. The maximum atomic E-state index is 12.8. The van der Waals surface area contributed by atoms with Gasteiger partial charge in [0.05, 0.1) is 49.3 Å². The maximum Gasteiger partial charge on any atom is 0.209 e. The highest BCUT2D eigenvalue weighted by molar-refractivity contribution is 9.10. The minimum atomic E-state index is -0.387. The predicted molar refractivity (Wildman–Crippen MR) is 234 cm³/mol. The Labute approximate surface area is 356 Å². The molecule has 0 bridgehead atoms. The number of ketones is 2. The molecular formula is C45H47BrN4O6S2. The Balaban J connectivity index is 0.000000160. The number of hydrogen-bond acceptors (Lipinski definition) is 12. The zero-order valence-electron chi connectivity index (χ0n) is 33.8. The van der Waals surface area contributed by atoms with E-state index in [9.17, 15) is 9.59 Å². The second-order valence-corrected chi connectivity index (χ2v) is 16.3. The van der Waals surface area contributed by atoms with Gasteiger partial charge >= 0.3 is 0 Å². The van der Waals surface area contributed by atoms with Crippen LogP contribution in [0.2, 0.25) is 0 Å². The quantitative estimate of drug-likeness (QED) is 0.139. The van der Waals surface area contributed by atoms with E-state index in [0.29, 0.717) is 34.7 Å². The van der Waals surface area contributed by atoms with Crippen molar-refractivity contribution in [3.63, 3.8) is 0 Å². The lowest BCUT2D eigenvalue weighted by atomic mass is 9.85. The fraction of sp³-hybridized carbons (Fsp3) is 0.333. The number of fused-ring (bicyclic) bond motifs is 2. The topological polar surface area (TPSA) is 123 Å². The summed E-state index contributed by atoms with van der Waals surface area (Å²) in [5, 5.41) is 1.64. The average molecular weight is 884 g/mol. The molecular weight excluding hydrogens is 837 g/mol. The van der Waals surface area contributed by atoms with Crippen LogP contribution >= 0.6 is 39.0 Å². The molecule has 58 heavy (non-hydrogen) atoms. The molecule has 0 aliphatic carbocycles. The van der Waals surface area contributed by atoms with Crippen LogP contribution in [0.15, 0.2) is 89.7 Å². The van der Waals surface area contributed by atoms with E-state index in [0.717, 1.165) is 80.8 Å². The number of para-hydroxylation sites is 2. The van der Waals surface area contributed by atoms with Crippen LogP contribution in [0.4, 0.5) is 0 Å². The first-order valence-electron chi connectivity index (χ1n) is 19.3. The van der Waals surface area contributed by atoms with Gasteiger partial charge in [0, 0.05) is 5.56 Å². The highest BCUT2D eigenvalue weighted by atomic mass is 79.9. The molecule has 13 heteroatoms. The molecule has 0 spiro atoms. The highest BCUT2D eigenvalue weighted by Gasteiger charge is 2.39. The lowest BCUT2D eigenvalue weighted by Crippen LogP contribution is -2.40. The zero-order valence-corrected chi connectivity index (χ0v) is 37.0. The number of Topliss-reactive ketones (excluding diaryl/α,β-unsaturated/α-hetero) is 2. The molecule has 4 heterocycles. The van der Waals surface area contributed by atoms with Gasteiger partial charge in [-0.2, -0.15) is 8.75 Å². The van der Waals surface area contributed by atoms with Crippen LogP contribution in [-0.2, 0) is 0 Å². The Morgan fingerprint density at radius 3 is 1.62 bits per heavy atom. The number of carbonyl (C=O) groups excluding carboxylic acids is 2. The summed E-state index contributed by atoms with van der Waals surface area (Å²) in [6.07, 6.45) is 4.30. The normalized spacial score (nSPS) is 14.6. The first kappa shape index (κ1) is 42.6. The molecule has 4 aromatic carbocycles. The Morgan fingerprint density at radius 2 is 1.12 bits per heavy atom. The van der Waals surface area contributed by atoms with Crippen LogP contribution in [0.1, 0.15) is 92.5 Å². The van der Waals surface area contributed by atoms with E-state index < -0.39 is 0 Å². The minimum Gasteiger partial charge on any atom is -0.496 e. The van der Waals surface area contributed by atoms with Crippen LogP contribution in [0.3, 0.4) is 0 Å². The van der Waals surface area contributed by atoms with Crippen LogP contribution in [0.5, 0.6) is 23.0 Å². The van der Waals surface area contributed by atoms with Crippen molar-refractivity contribution >= 4 is 50.6 Å². The van der Waals surface area contributed by atoms with Crippen LogP contribution in [-0.4, -0.2) is 55.7 Å². The minimum absolute atomic E-state index is 0.118. The number of carbonyl (C=O) groups is 2. The number of hydrogen-bond donors (Lipinski definition) is 0. The number of aryl methyl sites for hydroxylation is 1. The molecule has 2 aliphatic heterocycles. The first-order chi connectivity index (χ1) is 28.0. The van der Waals surface area contributed by atoms with E-state index in [1.165, 1.54) is 23.1 Å². The van der Waals surface area contributed by atoms with Crippen molar-refractivity contribution in [3.8, 4) is 55.5 Å². The SMILES string of the molecule is CCC1(CC)CC(=O)c2cc(-c3nsc(-c4ccccc4OC)n3)ccc2O1.CCC1(CC)CC(=O)c2cc(C)ccc2O1.COc1ccccc1-c1nc(Br)ns1. The van der Waals surface area contributed by atoms with Gasteiger partial charge in [-0.3, -0.25) is 9.59 Å². The van der Waals surface area contributed by atoms with Crippen molar-refractivity contribution in [1.82, 2.24) is 18.7 Å². The summed E-state index contributed by atoms with van der Waals surface area (Å²) in [5.41, 5.74) is 4.49. The molecule has 302 valence electrons. The van der Waals surface area contributed by atoms with E-state index in [1.54, 1.807) is 14.2 Å². The molecule has 0 amide bonds. The molecule has 0 fully saturated rings. The van der Waals surface area contributed by atoms with Gasteiger partial charge in [-0.1, -0.05) is 63.6 Å². The van der Waals surface area contributed by atoms with E-state index >= 15 is 0 Å². The number of nitrogens with zero attached hydrogens (tertiary/aromatic N) is 4. The summed E-state index contributed by atoms with van der Waals surface area (Å²) in [6.45, 7) is 10.3. The van der Waals surface area contributed by atoms with Gasteiger partial charge in [0.1, 0.15) is 44.2 Å². The van der Waals surface area contributed by atoms with Crippen molar-refractivity contribution in [1.29, 1.82) is 0 Å². The lowest BCUT2D eigenvalue weighted by Gasteiger charge is -2.36. The molecule has 0 unspecified atom stereocenters. The molecule has 0 saturated carbocycles. The van der Waals surface area contributed by atoms with Crippen molar-refractivity contribution < 1.29 is 28.5 Å². The van der Waals surface area contributed by atoms with E-state index in [1.807, 2.05) is 91.9 Å². The Hall–Kier alpha value is -4.98. The second-order valence-electron chi connectivity index (χ2n) is 14.1. The van der Waals surface area contributed by atoms with Crippen molar-refractivity contribution in [3.05, 3.63) is 106 Å². The summed E-state index contributed by atoms with van der Waals surface area (Å²) in [7, 11) is 3.29. The molecule has 6 aromatic rings. The van der Waals surface area contributed by atoms with Crippen LogP contribution in [0.25, 0.3) is 32.5 Å². The van der Waals surface area contributed by atoms with Gasteiger partial charge in [0.25, 0.3) is 0 Å².